The molecule has 0 aliphatic heterocycles. The molecule has 0 unspecified atom stereocenters. The number of hydrogen-bond donors (Lipinski definition) is 2. The zero-order chi connectivity index (χ0) is 14.6. The van der Waals surface area contributed by atoms with Gasteiger partial charge in [-0.05, 0) is 37.7 Å². The first-order chi connectivity index (χ1) is 9.53. The Morgan fingerprint density at radius 1 is 1.35 bits per heavy atom. The fourth-order valence-corrected chi connectivity index (χ4v) is 4.25. The number of nitrogen functional groups attached to an aromatic ring is 1. The molecule has 0 bridgehead atoms. The van der Waals surface area contributed by atoms with Gasteiger partial charge in [0.25, 0.3) is 0 Å². The van der Waals surface area contributed by atoms with Crippen molar-refractivity contribution < 1.29 is 8.42 Å². The Morgan fingerprint density at radius 3 is 2.65 bits per heavy atom. The van der Waals surface area contributed by atoms with Crippen molar-refractivity contribution in [3.8, 4) is 0 Å². The van der Waals surface area contributed by atoms with E-state index in [0.717, 1.165) is 31.6 Å². The van der Waals surface area contributed by atoms with Crippen molar-refractivity contribution in [2.24, 2.45) is 5.92 Å². The summed E-state index contributed by atoms with van der Waals surface area (Å²) in [6.07, 6.45) is 9.26. The lowest BCUT2D eigenvalue weighted by molar-refractivity contribution is 0.297. The third-order valence-corrected chi connectivity index (χ3v) is 5.54. The van der Waals surface area contributed by atoms with Gasteiger partial charge >= 0.3 is 0 Å². The summed E-state index contributed by atoms with van der Waals surface area (Å²) in [5.41, 5.74) is 5.96. The topological polar surface area (TPSA) is 85.1 Å². The van der Waals surface area contributed by atoms with E-state index in [4.69, 9.17) is 5.73 Å². The van der Waals surface area contributed by atoms with Crippen molar-refractivity contribution in [1.82, 2.24) is 9.71 Å². The molecular weight excluding hydrogens is 274 g/mol. The largest absolute Gasteiger partial charge is 0.398 e. The van der Waals surface area contributed by atoms with Crippen molar-refractivity contribution in [1.29, 1.82) is 0 Å². The highest BCUT2D eigenvalue weighted by Crippen LogP contribution is 2.28. The molecule has 20 heavy (non-hydrogen) atoms. The summed E-state index contributed by atoms with van der Waals surface area (Å²) in [7, 11) is -3.56. The number of anilines is 1. The van der Waals surface area contributed by atoms with Crippen LogP contribution in [-0.4, -0.2) is 19.4 Å². The summed E-state index contributed by atoms with van der Waals surface area (Å²) in [5.74, 6) is 0.754. The molecule has 1 saturated carbocycles. The molecule has 0 aromatic carbocycles. The minimum absolute atomic E-state index is 0.0210. The van der Waals surface area contributed by atoms with Crippen LogP contribution >= 0.6 is 0 Å². The molecule has 1 fully saturated rings. The normalized spacial score (nSPS) is 23.6. The standard InChI is InChI=1S/C14H23N3O2S/c1-2-3-11-4-6-12(7-5-11)17-20(18,19)14-10-16-9-8-13(14)15/h8-12,17H,2-7H2,1H3,(H2,15,16). The Balaban J connectivity index is 1.99. The minimum Gasteiger partial charge on any atom is -0.398 e. The van der Waals surface area contributed by atoms with E-state index in [2.05, 4.69) is 16.6 Å². The minimum atomic E-state index is -3.56. The molecule has 1 aromatic rings. The van der Waals surface area contributed by atoms with E-state index >= 15 is 0 Å². The van der Waals surface area contributed by atoms with Crippen molar-refractivity contribution in [3.05, 3.63) is 18.5 Å². The summed E-state index contributed by atoms with van der Waals surface area (Å²) in [4.78, 5) is 3.92. The first kappa shape index (κ1) is 15.3. The highest BCUT2D eigenvalue weighted by atomic mass is 32.2. The van der Waals surface area contributed by atoms with E-state index in [9.17, 15) is 8.42 Å². The predicted octanol–water partition coefficient (Wildman–Crippen LogP) is 2.30. The SMILES string of the molecule is CCCC1CCC(NS(=O)(=O)c2cnccc2N)CC1. The third-order valence-electron chi connectivity index (χ3n) is 3.97. The summed E-state index contributed by atoms with van der Waals surface area (Å²) < 4.78 is 27.4. The number of rotatable bonds is 5. The second-order valence-electron chi connectivity index (χ2n) is 5.54. The van der Waals surface area contributed by atoms with Crippen LogP contribution in [0.15, 0.2) is 23.4 Å². The van der Waals surface area contributed by atoms with Gasteiger partial charge in [0.2, 0.25) is 10.0 Å². The van der Waals surface area contributed by atoms with Gasteiger partial charge in [0.15, 0.2) is 0 Å². The van der Waals surface area contributed by atoms with Crippen LogP contribution in [0.4, 0.5) is 5.69 Å². The van der Waals surface area contributed by atoms with Crippen LogP contribution in [0.25, 0.3) is 0 Å². The van der Waals surface area contributed by atoms with Gasteiger partial charge in [-0.25, -0.2) is 13.1 Å². The molecule has 2 rings (SSSR count). The molecule has 0 radical (unpaired) electrons. The average molecular weight is 297 g/mol. The van der Waals surface area contributed by atoms with E-state index in [-0.39, 0.29) is 16.6 Å². The number of nitrogens with zero attached hydrogens (tertiary/aromatic N) is 1. The summed E-state index contributed by atoms with van der Waals surface area (Å²) in [6, 6.07) is 1.53. The Kier molecular flexibility index (Phi) is 4.99. The number of aromatic nitrogens is 1. The molecule has 1 aliphatic carbocycles. The summed E-state index contributed by atoms with van der Waals surface area (Å²) in [6.45, 7) is 2.19. The first-order valence-electron chi connectivity index (χ1n) is 7.24. The third kappa shape index (κ3) is 3.70. The van der Waals surface area contributed by atoms with Crippen LogP contribution in [0.2, 0.25) is 0 Å². The Hall–Kier alpha value is -1.14. The number of sulfonamides is 1. The van der Waals surface area contributed by atoms with Crippen LogP contribution in [0.3, 0.4) is 0 Å². The smallest absolute Gasteiger partial charge is 0.244 e. The van der Waals surface area contributed by atoms with Crippen LogP contribution in [0.5, 0.6) is 0 Å². The van der Waals surface area contributed by atoms with Gasteiger partial charge in [-0.15, -0.1) is 0 Å². The average Bonchev–Trinajstić information content (AvgIpc) is 2.41. The second kappa shape index (κ2) is 6.54. The van der Waals surface area contributed by atoms with Gasteiger partial charge < -0.3 is 5.73 Å². The van der Waals surface area contributed by atoms with Crippen molar-refractivity contribution in [2.75, 3.05) is 5.73 Å². The Labute approximate surface area is 121 Å². The number of pyridine rings is 1. The molecule has 0 spiro atoms. The van der Waals surface area contributed by atoms with Gasteiger partial charge in [-0.1, -0.05) is 19.8 Å². The van der Waals surface area contributed by atoms with Gasteiger partial charge in [-0.3, -0.25) is 4.98 Å². The highest BCUT2D eigenvalue weighted by Gasteiger charge is 2.26. The van der Waals surface area contributed by atoms with E-state index in [0.29, 0.717) is 0 Å². The zero-order valence-corrected chi connectivity index (χ0v) is 12.7. The van der Waals surface area contributed by atoms with Crippen LogP contribution in [0, 0.1) is 5.92 Å². The molecule has 1 aromatic heterocycles. The molecule has 6 heteroatoms. The molecular formula is C14H23N3O2S. The quantitative estimate of drug-likeness (QED) is 0.873. The number of hydrogen-bond acceptors (Lipinski definition) is 4. The maximum Gasteiger partial charge on any atom is 0.244 e. The van der Waals surface area contributed by atoms with Gasteiger partial charge in [0.05, 0.1) is 5.69 Å². The molecule has 0 saturated heterocycles. The lowest BCUT2D eigenvalue weighted by Crippen LogP contribution is -2.37. The fraction of sp³-hybridized carbons (Fsp3) is 0.643. The lowest BCUT2D eigenvalue weighted by Gasteiger charge is -2.28. The Morgan fingerprint density at radius 2 is 2.05 bits per heavy atom. The highest BCUT2D eigenvalue weighted by molar-refractivity contribution is 7.89. The Bertz CT molecular complexity index is 537. The van der Waals surface area contributed by atoms with Crippen LogP contribution < -0.4 is 10.5 Å². The van der Waals surface area contributed by atoms with Crippen LogP contribution in [0.1, 0.15) is 45.4 Å². The maximum atomic E-state index is 12.3. The first-order valence-corrected chi connectivity index (χ1v) is 8.73. The fourth-order valence-electron chi connectivity index (χ4n) is 2.88. The molecule has 5 nitrogen and oxygen atoms in total. The lowest BCUT2D eigenvalue weighted by atomic mass is 9.84. The maximum absolute atomic E-state index is 12.3. The monoisotopic (exact) mass is 297 g/mol. The second-order valence-corrected chi connectivity index (χ2v) is 7.22. The molecule has 3 N–H and O–H groups in total. The van der Waals surface area contributed by atoms with Crippen molar-refractivity contribution in [3.63, 3.8) is 0 Å². The number of nitrogens with two attached hydrogens (primary N) is 1. The van der Waals surface area contributed by atoms with E-state index < -0.39 is 10.0 Å². The summed E-state index contributed by atoms with van der Waals surface area (Å²) in [5, 5.41) is 0. The predicted molar refractivity (Wildman–Crippen MR) is 79.6 cm³/mol. The van der Waals surface area contributed by atoms with Crippen LogP contribution in [-0.2, 0) is 10.0 Å². The van der Waals surface area contributed by atoms with Crippen molar-refractivity contribution in [2.45, 2.75) is 56.4 Å². The molecule has 0 atom stereocenters. The molecule has 112 valence electrons. The van der Waals surface area contributed by atoms with E-state index in [1.807, 2.05) is 0 Å². The zero-order valence-electron chi connectivity index (χ0n) is 11.9. The van der Waals surface area contributed by atoms with E-state index in [1.54, 1.807) is 0 Å². The molecule has 1 aliphatic rings. The van der Waals surface area contributed by atoms with E-state index in [1.165, 1.54) is 31.3 Å². The number of nitrogens with one attached hydrogen (secondary N) is 1. The molecule has 1 heterocycles. The van der Waals surface area contributed by atoms with Gasteiger partial charge in [-0.2, -0.15) is 0 Å². The molecule has 0 amide bonds. The van der Waals surface area contributed by atoms with Gasteiger partial charge in [0.1, 0.15) is 4.90 Å². The van der Waals surface area contributed by atoms with Gasteiger partial charge in [0, 0.05) is 18.4 Å². The summed E-state index contributed by atoms with van der Waals surface area (Å²) >= 11 is 0. The van der Waals surface area contributed by atoms with Crippen molar-refractivity contribution >= 4 is 15.7 Å².